The van der Waals surface area contributed by atoms with E-state index in [9.17, 15) is 14.4 Å². The molecule has 0 aromatic rings. The van der Waals surface area contributed by atoms with E-state index in [0.29, 0.717) is 6.61 Å². The first kappa shape index (κ1) is 17.1. The van der Waals surface area contributed by atoms with Gasteiger partial charge in [-0.3, -0.25) is 0 Å². The molecular weight excluding hydrogens is 230 g/mol. The van der Waals surface area contributed by atoms with Crippen LogP contribution in [0, 0.1) is 0 Å². The van der Waals surface area contributed by atoms with Gasteiger partial charge in [0.25, 0.3) is 0 Å². The van der Waals surface area contributed by atoms with Crippen LogP contribution >= 0.6 is 0 Å². The van der Waals surface area contributed by atoms with E-state index in [-0.39, 0.29) is 11.1 Å². The molecule has 0 atom stereocenters. The second-order valence-corrected chi connectivity index (χ2v) is 2.71. The molecule has 7 nitrogen and oxygen atoms in total. The Kier molecular flexibility index (Phi) is 9.01. The molecular formula is C10H15NO6. The topological polar surface area (TPSA) is 127 Å². The first-order chi connectivity index (χ1) is 7.72. The summed E-state index contributed by atoms with van der Waals surface area (Å²) >= 11 is 0. The van der Waals surface area contributed by atoms with E-state index in [4.69, 9.17) is 10.2 Å². The summed E-state index contributed by atoms with van der Waals surface area (Å²) < 4.78 is 4.18. The van der Waals surface area contributed by atoms with E-state index in [0.717, 1.165) is 6.08 Å². The molecule has 0 aromatic heterocycles. The number of carboxylic acid groups (broad SMARTS) is 2. The van der Waals surface area contributed by atoms with Crippen molar-refractivity contribution >= 4 is 18.0 Å². The van der Waals surface area contributed by atoms with E-state index in [2.05, 4.69) is 17.0 Å². The number of carboxylic acids is 2. The summed E-state index contributed by atoms with van der Waals surface area (Å²) in [5, 5.41) is 16.6. The Morgan fingerprint density at radius 2 is 1.76 bits per heavy atom. The minimum atomic E-state index is -1.22. The van der Waals surface area contributed by atoms with Crippen LogP contribution in [-0.2, 0) is 14.3 Å². The van der Waals surface area contributed by atoms with Crippen LogP contribution in [-0.4, -0.2) is 34.9 Å². The third-order valence-corrected chi connectivity index (χ3v) is 1.29. The molecule has 0 unspecified atom stereocenters. The maximum absolute atomic E-state index is 10.2. The summed E-state index contributed by atoms with van der Waals surface area (Å²) in [4.78, 5) is 29.9. The van der Waals surface area contributed by atoms with Crippen molar-refractivity contribution in [3.8, 4) is 0 Å². The Hall–Kier alpha value is -2.31. The number of nitrogens with two attached hydrogens (primary N) is 1. The molecule has 0 saturated heterocycles. The molecule has 0 aliphatic heterocycles. The fourth-order valence-electron chi connectivity index (χ4n) is 0.527. The summed E-state index contributed by atoms with van der Waals surface area (Å²) in [6.45, 7) is 6.49. The van der Waals surface area contributed by atoms with Crippen LogP contribution < -0.4 is 5.73 Å². The number of hydrogen-bond donors (Lipinski definition) is 3. The van der Waals surface area contributed by atoms with Crippen molar-refractivity contribution in [2.45, 2.75) is 13.8 Å². The van der Waals surface area contributed by atoms with E-state index in [1.807, 2.05) is 0 Å². The summed E-state index contributed by atoms with van der Waals surface area (Å²) in [7, 11) is 0. The van der Waals surface area contributed by atoms with Gasteiger partial charge in [0.1, 0.15) is 0 Å². The number of primary amides is 1. The van der Waals surface area contributed by atoms with Gasteiger partial charge in [0.15, 0.2) is 0 Å². The first-order valence-corrected chi connectivity index (χ1v) is 4.48. The van der Waals surface area contributed by atoms with Crippen LogP contribution in [0.1, 0.15) is 13.8 Å². The average Bonchev–Trinajstić information content (AvgIpc) is 2.17. The SMILES string of the molecule is C=C(C=C(C)C(=O)O)C(=O)O.CCOC(N)=O. The van der Waals surface area contributed by atoms with Crippen LogP contribution in [0.2, 0.25) is 0 Å². The zero-order valence-electron chi connectivity index (χ0n) is 9.60. The van der Waals surface area contributed by atoms with Crippen LogP contribution in [0.5, 0.6) is 0 Å². The molecule has 4 N–H and O–H groups in total. The largest absolute Gasteiger partial charge is 0.478 e. The lowest BCUT2D eigenvalue weighted by molar-refractivity contribution is -0.132. The molecule has 1 amide bonds. The second kappa shape index (κ2) is 8.96. The molecule has 7 heteroatoms. The number of amides is 1. The van der Waals surface area contributed by atoms with Gasteiger partial charge in [-0.25, -0.2) is 14.4 Å². The van der Waals surface area contributed by atoms with Gasteiger partial charge in [-0.2, -0.15) is 0 Å². The number of hydrogen-bond acceptors (Lipinski definition) is 4. The lowest BCUT2D eigenvalue weighted by Gasteiger charge is -1.92. The average molecular weight is 245 g/mol. The van der Waals surface area contributed by atoms with Gasteiger partial charge in [0.05, 0.1) is 12.2 Å². The van der Waals surface area contributed by atoms with Gasteiger partial charge >= 0.3 is 18.0 Å². The van der Waals surface area contributed by atoms with Crippen LogP contribution in [0.15, 0.2) is 23.8 Å². The quantitative estimate of drug-likeness (QED) is 0.495. The minimum absolute atomic E-state index is 0.0441. The number of carbonyl (C=O) groups excluding carboxylic acids is 1. The van der Waals surface area contributed by atoms with E-state index in [1.54, 1.807) is 6.92 Å². The Morgan fingerprint density at radius 1 is 1.29 bits per heavy atom. The Morgan fingerprint density at radius 3 is 1.94 bits per heavy atom. The lowest BCUT2D eigenvalue weighted by atomic mass is 10.2. The van der Waals surface area contributed by atoms with E-state index >= 15 is 0 Å². The molecule has 17 heavy (non-hydrogen) atoms. The van der Waals surface area contributed by atoms with Crippen LogP contribution in [0.3, 0.4) is 0 Å². The van der Waals surface area contributed by atoms with Gasteiger partial charge in [-0.1, -0.05) is 6.58 Å². The predicted octanol–water partition coefficient (Wildman–Crippen LogP) is 0.760. The molecule has 0 rings (SSSR count). The Bertz CT molecular complexity index is 345. The third kappa shape index (κ3) is 11.6. The molecule has 0 aromatic carbocycles. The van der Waals surface area contributed by atoms with Crippen LogP contribution in [0.4, 0.5) is 4.79 Å². The smallest absolute Gasteiger partial charge is 0.404 e. The van der Waals surface area contributed by atoms with E-state index < -0.39 is 18.0 Å². The highest BCUT2D eigenvalue weighted by atomic mass is 16.5. The van der Waals surface area contributed by atoms with Crippen molar-refractivity contribution in [3.63, 3.8) is 0 Å². The van der Waals surface area contributed by atoms with Crippen LogP contribution in [0.25, 0.3) is 0 Å². The van der Waals surface area contributed by atoms with Crippen molar-refractivity contribution in [1.29, 1.82) is 0 Å². The molecule has 0 saturated carbocycles. The van der Waals surface area contributed by atoms with Crippen molar-refractivity contribution in [1.82, 2.24) is 0 Å². The molecule has 96 valence electrons. The third-order valence-electron chi connectivity index (χ3n) is 1.29. The summed E-state index contributed by atoms with van der Waals surface area (Å²) in [6.07, 6.45) is 0.294. The van der Waals surface area contributed by atoms with Crippen molar-refractivity contribution in [2.75, 3.05) is 6.61 Å². The fourth-order valence-corrected chi connectivity index (χ4v) is 0.527. The molecule has 0 aliphatic rings. The molecule has 0 aliphatic carbocycles. The van der Waals surface area contributed by atoms with Crippen molar-refractivity contribution < 1.29 is 29.3 Å². The van der Waals surface area contributed by atoms with Gasteiger partial charge < -0.3 is 20.7 Å². The number of ether oxygens (including phenoxy) is 1. The van der Waals surface area contributed by atoms with Crippen molar-refractivity contribution in [3.05, 3.63) is 23.8 Å². The molecule has 0 spiro atoms. The highest BCUT2D eigenvalue weighted by Crippen LogP contribution is 1.99. The fraction of sp³-hybridized carbons (Fsp3) is 0.300. The maximum atomic E-state index is 10.2. The molecule has 0 heterocycles. The molecule has 0 fully saturated rings. The zero-order chi connectivity index (χ0) is 14.0. The summed E-state index contributed by atoms with van der Waals surface area (Å²) in [5.74, 6) is -2.36. The molecule has 0 bridgehead atoms. The minimum Gasteiger partial charge on any atom is -0.478 e. The van der Waals surface area contributed by atoms with Gasteiger partial charge in [0, 0.05) is 5.57 Å². The Labute approximate surface area is 98.2 Å². The van der Waals surface area contributed by atoms with Crippen molar-refractivity contribution in [2.24, 2.45) is 5.73 Å². The summed E-state index contributed by atoms with van der Waals surface area (Å²) in [5.41, 5.74) is 4.27. The Balaban J connectivity index is 0. The number of aliphatic carboxylic acids is 2. The van der Waals surface area contributed by atoms with E-state index in [1.165, 1.54) is 6.92 Å². The normalized spacial score (nSPS) is 9.65. The monoisotopic (exact) mass is 245 g/mol. The van der Waals surface area contributed by atoms with Gasteiger partial charge in [-0.15, -0.1) is 0 Å². The first-order valence-electron chi connectivity index (χ1n) is 4.48. The standard InChI is InChI=1S/C7H8O4.C3H7NO2/c1-4(6(8)9)3-5(2)7(10)11;1-2-6-3(4)5/h3H,1H2,2H3,(H,8,9)(H,10,11);2H2,1H3,(H2,4,5). The molecule has 0 radical (unpaired) electrons. The second-order valence-electron chi connectivity index (χ2n) is 2.71. The van der Waals surface area contributed by atoms with Gasteiger partial charge in [0.2, 0.25) is 0 Å². The lowest BCUT2D eigenvalue weighted by Crippen LogP contribution is -2.11. The number of carbonyl (C=O) groups is 3. The zero-order valence-corrected chi connectivity index (χ0v) is 9.60. The highest BCUT2D eigenvalue weighted by Gasteiger charge is 2.04. The maximum Gasteiger partial charge on any atom is 0.404 e. The summed E-state index contributed by atoms with van der Waals surface area (Å²) in [6, 6.07) is 0. The number of rotatable bonds is 4. The predicted molar refractivity (Wildman–Crippen MR) is 59.4 cm³/mol. The highest BCUT2D eigenvalue weighted by molar-refractivity contribution is 5.93. The van der Waals surface area contributed by atoms with Gasteiger partial charge in [-0.05, 0) is 19.9 Å².